The molecule has 0 unspecified atom stereocenters. The average molecular weight is 406 g/mol. The van der Waals surface area contributed by atoms with Crippen LogP contribution in [-0.4, -0.2) is 53.4 Å². The van der Waals surface area contributed by atoms with Gasteiger partial charge in [0.25, 0.3) is 11.8 Å². The van der Waals surface area contributed by atoms with E-state index in [0.29, 0.717) is 16.5 Å². The first-order valence-electron chi connectivity index (χ1n) is 8.84. The Bertz CT molecular complexity index is 867. The third-order valence-electron chi connectivity index (χ3n) is 5.70. The van der Waals surface area contributed by atoms with Gasteiger partial charge in [-0.25, -0.2) is 0 Å². The van der Waals surface area contributed by atoms with Crippen LogP contribution in [0.15, 0.2) is 17.7 Å². The fraction of sp³-hybridized carbons (Fsp3) is 0.450. The molecule has 0 aliphatic carbocycles. The Morgan fingerprint density at radius 3 is 2.26 bits per heavy atom. The summed E-state index contributed by atoms with van der Waals surface area (Å²) >= 11 is 11.7. The van der Waals surface area contributed by atoms with Gasteiger partial charge in [0, 0.05) is 37.4 Å². The molecule has 0 radical (unpaired) electrons. The van der Waals surface area contributed by atoms with E-state index < -0.39 is 11.8 Å². The number of carbonyl (C=O) groups excluding carboxylic acids is 2. The molecule has 0 spiro atoms. The summed E-state index contributed by atoms with van der Waals surface area (Å²) in [5.41, 5.74) is 3.02. The van der Waals surface area contributed by atoms with E-state index in [1.807, 2.05) is 12.1 Å². The lowest BCUT2D eigenvalue weighted by atomic mass is 9.80. The number of likely N-dealkylation sites (N-methyl/N-ethyl adjacent to an activating group) is 2. The molecule has 1 saturated heterocycles. The molecule has 27 heavy (non-hydrogen) atoms. The smallest absolute Gasteiger partial charge is 0.265 e. The van der Waals surface area contributed by atoms with Crippen molar-refractivity contribution in [3.8, 4) is 0 Å². The minimum absolute atomic E-state index is 0.0339. The summed E-state index contributed by atoms with van der Waals surface area (Å²) in [5.74, 6) is -0.484. The second-order valence-electron chi connectivity index (χ2n) is 7.98. The molecular formula is C20H24ClN3O2S. The fourth-order valence-corrected chi connectivity index (χ4v) is 4.22. The number of nitrogens with zero attached hydrogens (tertiary/aromatic N) is 3. The Morgan fingerprint density at radius 1 is 1.15 bits per heavy atom. The molecule has 3 rings (SSSR count). The number of hydrogen-bond acceptors (Lipinski definition) is 4. The zero-order valence-electron chi connectivity index (χ0n) is 16.5. The van der Waals surface area contributed by atoms with Crippen molar-refractivity contribution in [2.45, 2.75) is 38.6 Å². The first kappa shape index (κ1) is 19.8. The maximum absolute atomic E-state index is 12.6. The highest BCUT2D eigenvalue weighted by Gasteiger charge is 2.37. The molecule has 2 aliphatic rings. The van der Waals surface area contributed by atoms with Crippen LogP contribution >= 0.6 is 23.8 Å². The van der Waals surface area contributed by atoms with Crippen LogP contribution in [0.2, 0.25) is 5.02 Å². The zero-order chi connectivity index (χ0) is 20.3. The highest BCUT2D eigenvalue weighted by molar-refractivity contribution is 7.80. The van der Waals surface area contributed by atoms with Crippen molar-refractivity contribution in [3.05, 3.63) is 33.9 Å². The Morgan fingerprint density at radius 2 is 1.70 bits per heavy atom. The van der Waals surface area contributed by atoms with Gasteiger partial charge in [-0.15, -0.1) is 0 Å². The molecule has 2 heterocycles. The standard InChI is InChI=1S/C20H24ClN3O2S/c1-11-10-20(2,3)24(6)16-9-15(21)12(7-13(11)16)8-14-17(25)22(4)19(27)23(5)18(14)26/h7-9,11H,10H2,1-6H3/t11-/m0/s1. The predicted octanol–water partition coefficient (Wildman–Crippen LogP) is 3.66. The summed E-state index contributed by atoms with van der Waals surface area (Å²) < 4.78 is 0. The van der Waals surface area contributed by atoms with E-state index in [9.17, 15) is 9.59 Å². The number of carbonyl (C=O) groups is 2. The van der Waals surface area contributed by atoms with Gasteiger partial charge < -0.3 is 4.90 Å². The first-order valence-corrected chi connectivity index (χ1v) is 9.63. The van der Waals surface area contributed by atoms with Gasteiger partial charge in [0.05, 0.1) is 0 Å². The molecule has 5 nitrogen and oxygen atoms in total. The summed E-state index contributed by atoms with van der Waals surface area (Å²) in [7, 11) is 5.20. The lowest BCUT2D eigenvalue weighted by Gasteiger charge is -2.45. The van der Waals surface area contributed by atoms with Crippen molar-refractivity contribution < 1.29 is 9.59 Å². The molecule has 1 fully saturated rings. The normalized spacial score (nSPS) is 22.3. The largest absolute Gasteiger partial charge is 0.369 e. The number of halogens is 1. The highest BCUT2D eigenvalue weighted by Crippen LogP contribution is 2.44. The summed E-state index contributed by atoms with van der Waals surface area (Å²) in [6.45, 7) is 6.61. The molecule has 1 atom stereocenters. The maximum Gasteiger partial charge on any atom is 0.265 e. The van der Waals surface area contributed by atoms with Gasteiger partial charge in [0.1, 0.15) is 5.57 Å². The fourth-order valence-electron chi connectivity index (χ4n) is 3.85. The van der Waals surface area contributed by atoms with Crippen LogP contribution in [-0.2, 0) is 9.59 Å². The summed E-state index contributed by atoms with van der Waals surface area (Å²) in [6.07, 6.45) is 2.58. The molecule has 2 amide bonds. The Hall–Kier alpha value is -1.92. The number of anilines is 1. The van der Waals surface area contributed by atoms with Crippen molar-refractivity contribution in [3.63, 3.8) is 0 Å². The maximum atomic E-state index is 12.6. The molecule has 0 saturated carbocycles. The lowest BCUT2D eigenvalue weighted by molar-refractivity contribution is -0.132. The number of fused-ring (bicyclic) bond motifs is 1. The minimum Gasteiger partial charge on any atom is -0.369 e. The van der Waals surface area contributed by atoms with Crippen LogP contribution < -0.4 is 4.90 Å². The van der Waals surface area contributed by atoms with Crippen LogP contribution in [0.5, 0.6) is 0 Å². The van der Waals surface area contributed by atoms with E-state index in [1.165, 1.54) is 15.4 Å². The molecule has 0 bridgehead atoms. The van der Waals surface area contributed by atoms with Crippen molar-refractivity contribution in [1.82, 2.24) is 9.80 Å². The van der Waals surface area contributed by atoms with Crippen LogP contribution in [0.4, 0.5) is 5.69 Å². The highest BCUT2D eigenvalue weighted by atomic mass is 35.5. The molecule has 1 aromatic rings. The third-order valence-corrected chi connectivity index (χ3v) is 6.57. The van der Waals surface area contributed by atoms with E-state index in [4.69, 9.17) is 23.8 Å². The second-order valence-corrected chi connectivity index (χ2v) is 8.75. The van der Waals surface area contributed by atoms with Gasteiger partial charge >= 0.3 is 0 Å². The Kier molecular flexibility index (Phi) is 4.85. The Balaban J connectivity index is 2.10. The molecular weight excluding hydrogens is 382 g/mol. The van der Waals surface area contributed by atoms with Crippen LogP contribution in [0.1, 0.15) is 44.2 Å². The summed E-state index contributed by atoms with van der Waals surface area (Å²) in [4.78, 5) is 30.0. The van der Waals surface area contributed by atoms with Gasteiger partial charge in [-0.2, -0.15) is 0 Å². The second kappa shape index (κ2) is 6.60. The predicted molar refractivity (Wildman–Crippen MR) is 113 cm³/mol. The van der Waals surface area contributed by atoms with Crippen molar-refractivity contribution in [1.29, 1.82) is 0 Å². The van der Waals surface area contributed by atoms with Crippen molar-refractivity contribution in [2.24, 2.45) is 0 Å². The van der Waals surface area contributed by atoms with Gasteiger partial charge in [-0.1, -0.05) is 18.5 Å². The zero-order valence-corrected chi connectivity index (χ0v) is 18.0. The van der Waals surface area contributed by atoms with E-state index in [1.54, 1.807) is 20.2 Å². The quantitative estimate of drug-likeness (QED) is 0.406. The number of rotatable bonds is 1. The third kappa shape index (κ3) is 3.15. The monoisotopic (exact) mass is 405 g/mol. The Labute approximate surface area is 170 Å². The number of benzene rings is 1. The van der Waals surface area contributed by atoms with Crippen molar-refractivity contribution >= 4 is 52.5 Å². The molecule has 1 aromatic carbocycles. The van der Waals surface area contributed by atoms with Gasteiger partial charge in [-0.05, 0) is 67.7 Å². The number of thiocarbonyl (C=S) groups is 1. The number of hydrogen-bond donors (Lipinski definition) is 0. The lowest BCUT2D eigenvalue weighted by Crippen LogP contribution is -2.52. The summed E-state index contributed by atoms with van der Waals surface area (Å²) in [6, 6.07) is 3.92. The van der Waals surface area contributed by atoms with Crippen molar-refractivity contribution in [2.75, 3.05) is 26.0 Å². The van der Waals surface area contributed by atoms with E-state index in [-0.39, 0.29) is 16.2 Å². The number of amides is 2. The van der Waals surface area contributed by atoms with Crippen LogP contribution in [0, 0.1) is 0 Å². The van der Waals surface area contributed by atoms with Gasteiger partial charge in [-0.3, -0.25) is 19.4 Å². The molecule has 7 heteroatoms. The average Bonchev–Trinajstić information content (AvgIpc) is 2.60. The van der Waals surface area contributed by atoms with E-state index >= 15 is 0 Å². The van der Waals surface area contributed by atoms with E-state index in [2.05, 4.69) is 32.7 Å². The van der Waals surface area contributed by atoms with Crippen LogP contribution in [0.3, 0.4) is 0 Å². The topological polar surface area (TPSA) is 43.9 Å². The SMILES string of the molecule is C[C@H]1CC(C)(C)N(C)c2cc(Cl)c(C=C3C(=O)N(C)C(=S)N(C)C3=O)cc21. The molecule has 0 aromatic heterocycles. The van der Waals surface area contributed by atoms with Gasteiger partial charge in [0.15, 0.2) is 5.11 Å². The minimum atomic E-state index is -0.414. The van der Waals surface area contributed by atoms with Crippen LogP contribution in [0.25, 0.3) is 6.08 Å². The summed E-state index contributed by atoms with van der Waals surface area (Å²) in [5, 5.41) is 0.702. The van der Waals surface area contributed by atoms with E-state index in [0.717, 1.165) is 12.1 Å². The molecule has 0 N–H and O–H groups in total. The first-order chi connectivity index (χ1) is 12.5. The van der Waals surface area contributed by atoms with Gasteiger partial charge in [0.2, 0.25) is 0 Å². The molecule has 2 aliphatic heterocycles. The molecule has 144 valence electrons.